The van der Waals surface area contributed by atoms with Gasteiger partial charge in [0.25, 0.3) is 0 Å². The quantitative estimate of drug-likeness (QED) is 0.719. The van der Waals surface area contributed by atoms with Crippen molar-refractivity contribution in [1.82, 2.24) is 19.7 Å². The number of aromatic nitrogens is 1. The van der Waals surface area contributed by atoms with Crippen LogP contribution in [0.3, 0.4) is 0 Å². The van der Waals surface area contributed by atoms with E-state index in [2.05, 4.69) is 16.5 Å². The highest BCUT2D eigenvalue weighted by atomic mass is 32.2. The molecule has 3 rings (SSSR count). The van der Waals surface area contributed by atoms with Gasteiger partial charge in [-0.25, -0.2) is 8.42 Å². The summed E-state index contributed by atoms with van der Waals surface area (Å²) in [5.74, 6) is 0.275. The molecule has 1 aliphatic rings. The van der Waals surface area contributed by atoms with Gasteiger partial charge >= 0.3 is 0 Å². The highest BCUT2D eigenvalue weighted by molar-refractivity contribution is 7.89. The predicted octanol–water partition coefficient (Wildman–Crippen LogP) is 1.41. The fourth-order valence-corrected chi connectivity index (χ4v) is 5.80. The number of sulfonamides is 1. The van der Waals surface area contributed by atoms with Gasteiger partial charge in [0, 0.05) is 37.6 Å². The first-order valence-electron chi connectivity index (χ1n) is 9.28. The second kappa shape index (κ2) is 8.73. The summed E-state index contributed by atoms with van der Waals surface area (Å²) in [7, 11) is -3.64. The van der Waals surface area contributed by atoms with E-state index >= 15 is 0 Å². The minimum Gasteiger partial charge on any atom is -0.360 e. The van der Waals surface area contributed by atoms with Crippen LogP contribution in [0.4, 0.5) is 0 Å². The fourth-order valence-electron chi connectivity index (χ4n) is 3.38. The Morgan fingerprint density at radius 2 is 2.04 bits per heavy atom. The zero-order valence-electron chi connectivity index (χ0n) is 16.3. The van der Waals surface area contributed by atoms with Crippen LogP contribution in [0, 0.1) is 13.8 Å². The molecule has 0 aromatic carbocycles. The lowest BCUT2D eigenvalue weighted by Crippen LogP contribution is -2.55. The molecule has 1 unspecified atom stereocenters. The number of rotatable bonds is 7. The second-order valence-electron chi connectivity index (χ2n) is 6.89. The van der Waals surface area contributed by atoms with Crippen molar-refractivity contribution in [2.24, 2.45) is 0 Å². The molecular formula is C18H26N4O4S2. The molecule has 0 radical (unpaired) electrons. The van der Waals surface area contributed by atoms with Gasteiger partial charge in [-0.05, 0) is 38.6 Å². The standard InChI is InChI=1S/C18H26N4O4S2/c1-13-17(15(3)26-20-13)28(24,25)22-10-8-21(9-11-22)14(2)18(23)19-7-6-16-5-4-12-27-16/h4-5,12,14H,6-11H2,1-3H3,(H,19,23). The first kappa shape index (κ1) is 21.0. The third-order valence-electron chi connectivity index (χ3n) is 5.02. The van der Waals surface area contributed by atoms with Crippen molar-refractivity contribution in [2.45, 2.75) is 38.1 Å². The number of aryl methyl sites for hydroxylation is 2. The number of piperazine rings is 1. The van der Waals surface area contributed by atoms with Gasteiger partial charge in [0.15, 0.2) is 5.76 Å². The lowest BCUT2D eigenvalue weighted by molar-refractivity contribution is -0.126. The Morgan fingerprint density at radius 1 is 1.32 bits per heavy atom. The number of hydrogen-bond donors (Lipinski definition) is 1. The molecule has 8 nitrogen and oxygen atoms in total. The minimum atomic E-state index is -3.64. The van der Waals surface area contributed by atoms with Crippen molar-refractivity contribution in [3.63, 3.8) is 0 Å². The number of hydrogen-bond acceptors (Lipinski definition) is 7. The van der Waals surface area contributed by atoms with Gasteiger partial charge in [-0.15, -0.1) is 11.3 Å². The topological polar surface area (TPSA) is 95.8 Å². The number of carbonyl (C=O) groups is 1. The zero-order chi connectivity index (χ0) is 20.3. The van der Waals surface area contributed by atoms with Crippen LogP contribution < -0.4 is 5.32 Å². The lowest BCUT2D eigenvalue weighted by atomic mass is 10.2. The molecule has 2 aromatic rings. The van der Waals surface area contributed by atoms with E-state index in [0.717, 1.165) is 6.42 Å². The summed E-state index contributed by atoms with van der Waals surface area (Å²) in [6, 6.07) is 3.76. The molecular weight excluding hydrogens is 400 g/mol. The van der Waals surface area contributed by atoms with Crippen LogP contribution in [0.25, 0.3) is 0 Å². The second-order valence-corrected chi connectivity index (χ2v) is 9.80. The summed E-state index contributed by atoms with van der Waals surface area (Å²) < 4.78 is 32.2. The molecule has 0 bridgehead atoms. The normalized spacial score (nSPS) is 17.5. The third-order valence-corrected chi connectivity index (χ3v) is 8.10. The van der Waals surface area contributed by atoms with Crippen LogP contribution in [0.1, 0.15) is 23.3 Å². The van der Waals surface area contributed by atoms with Gasteiger partial charge in [0.2, 0.25) is 15.9 Å². The number of thiophene rings is 1. The molecule has 1 fully saturated rings. The molecule has 28 heavy (non-hydrogen) atoms. The molecule has 1 aliphatic heterocycles. The monoisotopic (exact) mass is 426 g/mol. The average Bonchev–Trinajstić information content (AvgIpc) is 3.31. The number of carbonyl (C=O) groups excluding carboxylic acids is 1. The molecule has 10 heteroatoms. The smallest absolute Gasteiger partial charge is 0.248 e. The largest absolute Gasteiger partial charge is 0.360 e. The van der Waals surface area contributed by atoms with Gasteiger partial charge in [0.05, 0.1) is 6.04 Å². The number of amides is 1. The van der Waals surface area contributed by atoms with E-state index < -0.39 is 10.0 Å². The van der Waals surface area contributed by atoms with Gasteiger partial charge in [-0.3, -0.25) is 9.69 Å². The predicted molar refractivity (Wildman–Crippen MR) is 107 cm³/mol. The molecule has 0 spiro atoms. The first-order valence-corrected chi connectivity index (χ1v) is 11.6. The third kappa shape index (κ3) is 4.45. The fraction of sp³-hybridized carbons (Fsp3) is 0.556. The van der Waals surface area contributed by atoms with Crippen LogP contribution in [0.15, 0.2) is 26.9 Å². The van der Waals surface area contributed by atoms with Crippen molar-refractivity contribution in [3.05, 3.63) is 33.8 Å². The SMILES string of the molecule is Cc1noc(C)c1S(=O)(=O)N1CCN(C(C)C(=O)NCCc2cccs2)CC1. The molecule has 0 aliphatic carbocycles. The van der Waals surface area contributed by atoms with E-state index in [0.29, 0.717) is 44.2 Å². The number of nitrogens with zero attached hydrogens (tertiary/aromatic N) is 3. The Bertz CT molecular complexity index is 881. The van der Waals surface area contributed by atoms with Crippen molar-refractivity contribution < 1.29 is 17.7 Å². The lowest BCUT2D eigenvalue weighted by Gasteiger charge is -2.36. The molecule has 154 valence electrons. The van der Waals surface area contributed by atoms with Crippen molar-refractivity contribution in [1.29, 1.82) is 0 Å². The van der Waals surface area contributed by atoms with E-state index in [1.165, 1.54) is 9.18 Å². The molecule has 1 N–H and O–H groups in total. The minimum absolute atomic E-state index is 0.0291. The van der Waals surface area contributed by atoms with Crippen molar-refractivity contribution >= 4 is 27.3 Å². The number of nitrogens with one attached hydrogen (secondary N) is 1. The molecule has 0 saturated carbocycles. The van der Waals surface area contributed by atoms with Crippen LogP contribution >= 0.6 is 11.3 Å². The van der Waals surface area contributed by atoms with Crippen molar-refractivity contribution in [3.8, 4) is 0 Å². The Balaban J connectivity index is 1.52. The molecule has 1 atom stereocenters. The highest BCUT2D eigenvalue weighted by Gasteiger charge is 2.35. The maximum absolute atomic E-state index is 12.9. The van der Waals surface area contributed by atoms with E-state index in [9.17, 15) is 13.2 Å². The maximum Gasteiger partial charge on any atom is 0.248 e. The van der Waals surface area contributed by atoms with Gasteiger partial charge in [0.1, 0.15) is 10.6 Å². The van der Waals surface area contributed by atoms with E-state index in [4.69, 9.17) is 4.52 Å². The van der Waals surface area contributed by atoms with Crippen molar-refractivity contribution in [2.75, 3.05) is 32.7 Å². The summed E-state index contributed by atoms with van der Waals surface area (Å²) in [6.07, 6.45) is 0.819. The summed E-state index contributed by atoms with van der Waals surface area (Å²) >= 11 is 1.68. The molecule has 3 heterocycles. The van der Waals surface area contributed by atoms with Gasteiger partial charge in [-0.2, -0.15) is 4.31 Å². The summed E-state index contributed by atoms with van der Waals surface area (Å²) in [4.78, 5) is 15.8. The highest BCUT2D eigenvalue weighted by Crippen LogP contribution is 2.24. The maximum atomic E-state index is 12.9. The molecule has 1 amide bonds. The van der Waals surface area contributed by atoms with E-state index in [-0.39, 0.29) is 16.8 Å². The van der Waals surface area contributed by atoms with Crippen LogP contribution in [-0.4, -0.2) is 67.5 Å². The van der Waals surface area contributed by atoms with Crippen LogP contribution in [0.2, 0.25) is 0 Å². The summed E-state index contributed by atoms with van der Waals surface area (Å²) in [5, 5.41) is 8.74. The van der Waals surface area contributed by atoms with Gasteiger partial charge < -0.3 is 9.84 Å². The molecule has 2 aromatic heterocycles. The van der Waals surface area contributed by atoms with Crippen LogP contribution in [-0.2, 0) is 21.2 Å². The van der Waals surface area contributed by atoms with E-state index in [1.807, 2.05) is 23.3 Å². The summed E-state index contributed by atoms with van der Waals surface area (Å²) in [5.41, 5.74) is 0.374. The molecule has 1 saturated heterocycles. The average molecular weight is 427 g/mol. The van der Waals surface area contributed by atoms with Crippen LogP contribution in [0.5, 0.6) is 0 Å². The Morgan fingerprint density at radius 3 is 2.61 bits per heavy atom. The van der Waals surface area contributed by atoms with E-state index in [1.54, 1.807) is 25.2 Å². The van der Waals surface area contributed by atoms with Gasteiger partial charge in [-0.1, -0.05) is 11.2 Å². The Labute approximate surface area is 169 Å². The first-order chi connectivity index (χ1) is 13.3. The summed E-state index contributed by atoms with van der Waals surface area (Å²) in [6.45, 7) is 7.36. The Kier molecular flexibility index (Phi) is 6.54. The Hall–Kier alpha value is -1.75. The zero-order valence-corrected chi connectivity index (χ0v) is 18.0.